The van der Waals surface area contributed by atoms with E-state index in [9.17, 15) is 4.79 Å². The van der Waals surface area contributed by atoms with Crippen LogP contribution in [0.25, 0.3) is 0 Å². The van der Waals surface area contributed by atoms with Crippen molar-refractivity contribution >= 4 is 11.9 Å². The van der Waals surface area contributed by atoms with E-state index in [1.165, 1.54) is 6.42 Å². The third-order valence-corrected chi connectivity index (χ3v) is 3.75. The van der Waals surface area contributed by atoms with E-state index in [-0.39, 0.29) is 12.5 Å². The van der Waals surface area contributed by atoms with Crippen LogP contribution in [0, 0.1) is 0 Å². The molecule has 6 nitrogen and oxygen atoms in total. The van der Waals surface area contributed by atoms with Gasteiger partial charge in [-0.05, 0) is 31.4 Å². The van der Waals surface area contributed by atoms with Gasteiger partial charge in [0.25, 0.3) is 0 Å². The number of nitrogens with one attached hydrogen (secondary N) is 2. The van der Waals surface area contributed by atoms with E-state index in [1.54, 1.807) is 7.05 Å². The average molecular weight is 318 g/mol. The molecule has 1 aliphatic heterocycles. The summed E-state index contributed by atoms with van der Waals surface area (Å²) in [5.74, 6) is 1.60. The molecule has 1 amide bonds. The number of carbonyl (C=O) groups excluding carboxylic acids is 1. The lowest BCUT2D eigenvalue weighted by Gasteiger charge is -2.27. The number of aliphatic imine (C=N–C) groups is 1. The zero-order chi connectivity index (χ0) is 16.3. The van der Waals surface area contributed by atoms with E-state index in [4.69, 9.17) is 4.74 Å². The van der Waals surface area contributed by atoms with Crippen molar-refractivity contribution in [1.82, 2.24) is 15.5 Å². The van der Waals surface area contributed by atoms with Gasteiger partial charge < -0.3 is 20.3 Å². The zero-order valence-corrected chi connectivity index (χ0v) is 13.8. The number of guanidine groups is 1. The Morgan fingerprint density at radius 2 is 1.91 bits per heavy atom. The first-order valence-corrected chi connectivity index (χ1v) is 8.20. The van der Waals surface area contributed by atoms with Gasteiger partial charge in [0.2, 0.25) is 5.91 Å². The molecule has 1 aromatic rings. The number of para-hydroxylation sites is 1. The van der Waals surface area contributed by atoms with Crippen LogP contribution in [0.2, 0.25) is 0 Å². The van der Waals surface area contributed by atoms with E-state index >= 15 is 0 Å². The van der Waals surface area contributed by atoms with E-state index in [0.29, 0.717) is 19.1 Å². The van der Waals surface area contributed by atoms with Crippen LogP contribution in [0.5, 0.6) is 5.75 Å². The molecule has 0 spiro atoms. The second-order valence-corrected chi connectivity index (χ2v) is 5.46. The number of rotatable bonds is 6. The molecular formula is C17H26N4O2. The number of ether oxygens (including phenoxy) is 1. The van der Waals surface area contributed by atoms with Crippen LogP contribution in [-0.2, 0) is 4.79 Å². The first kappa shape index (κ1) is 17.1. The molecule has 0 aromatic heterocycles. The lowest BCUT2D eigenvalue weighted by atomic mass is 10.1. The molecule has 1 aliphatic rings. The summed E-state index contributed by atoms with van der Waals surface area (Å²) >= 11 is 0. The van der Waals surface area contributed by atoms with Crippen LogP contribution in [-0.4, -0.2) is 56.6 Å². The highest BCUT2D eigenvalue weighted by atomic mass is 16.5. The van der Waals surface area contributed by atoms with E-state index in [1.807, 2.05) is 35.2 Å². The van der Waals surface area contributed by atoms with Gasteiger partial charge in [-0.1, -0.05) is 18.2 Å². The molecule has 0 unspecified atom stereocenters. The predicted octanol–water partition coefficient (Wildman–Crippen LogP) is 1.24. The first-order valence-electron chi connectivity index (χ1n) is 8.20. The maximum absolute atomic E-state index is 12.1. The molecule has 1 fully saturated rings. The summed E-state index contributed by atoms with van der Waals surface area (Å²) in [6.45, 7) is 3.17. The Kier molecular flexibility index (Phi) is 7.23. The molecule has 0 bridgehead atoms. The van der Waals surface area contributed by atoms with Gasteiger partial charge in [0.15, 0.2) is 5.96 Å². The van der Waals surface area contributed by atoms with E-state index in [2.05, 4.69) is 15.6 Å². The molecule has 6 heteroatoms. The first-order chi connectivity index (χ1) is 11.3. The fourth-order valence-electron chi connectivity index (χ4n) is 2.49. The summed E-state index contributed by atoms with van der Waals surface area (Å²) in [5, 5.41) is 6.20. The quantitative estimate of drug-likeness (QED) is 0.470. The molecule has 0 radical (unpaired) electrons. The molecular weight excluding hydrogens is 292 g/mol. The lowest BCUT2D eigenvalue weighted by Crippen LogP contribution is -2.46. The Bertz CT molecular complexity index is 499. The lowest BCUT2D eigenvalue weighted by molar-refractivity contribution is -0.130. The number of hydrogen-bond donors (Lipinski definition) is 2. The maximum atomic E-state index is 12.1. The highest BCUT2D eigenvalue weighted by molar-refractivity contribution is 5.86. The second kappa shape index (κ2) is 9.71. The Labute approximate surface area is 137 Å². The Morgan fingerprint density at radius 1 is 1.17 bits per heavy atom. The molecule has 2 N–H and O–H groups in total. The number of carbonyl (C=O) groups is 1. The molecule has 0 aliphatic carbocycles. The highest BCUT2D eigenvalue weighted by Gasteiger charge is 2.16. The maximum Gasteiger partial charge on any atom is 0.241 e. The van der Waals surface area contributed by atoms with Gasteiger partial charge in [0.05, 0.1) is 13.1 Å². The topological polar surface area (TPSA) is 66.0 Å². The SMILES string of the molecule is CN=C(NCCOc1ccccc1)NCC(=O)N1CCCCC1. The van der Waals surface area contributed by atoms with Gasteiger partial charge in [-0.2, -0.15) is 0 Å². The van der Waals surface area contributed by atoms with Crippen molar-refractivity contribution in [3.8, 4) is 5.75 Å². The van der Waals surface area contributed by atoms with E-state index < -0.39 is 0 Å². The fourth-order valence-corrected chi connectivity index (χ4v) is 2.49. The summed E-state index contributed by atoms with van der Waals surface area (Å²) < 4.78 is 5.60. The minimum Gasteiger partial charge on any atom is -0.492 e. The highest BCUT2D eigenvalue weighted by Crippen LogP contribution is 2.08. The van der Waals surface area contributed by atoms with Crippen molar-refractivity contribution in [3.05, 3.63) is 30.3 Å². The third-order valence-electron chi connectivity index (χ3n) is 3.75. The molecule has 1 heterocycles. The monoisotopic (exact) mass is 318 g/mol. The number of amides is 1. The molecule has 23 heavy (non-hydrogen) atoms. The minimum absolute atomic E-state index is 0.133. The standard InChI is InChI=1S/C17H26N4O2/c1-18-17(19-10-13-23-15-8-4-2-5-9-15)20-14-16(22)21-11-6-3-7-12-21/h2,4-5,8-9H,3,6-7,10-14H2,1H3,(H2,18,19,20). The second-order valence-electron chi connectivity index (χ2n) is 5.46. The van der Waals surface area contributed by atoms with Crippen LogP contribution < -0.4 is 15.4 Å². The van der Waals surface area contributed by atoms with Crippen molar-refractivity contribution in [2.75, 3.05) is 39.8 Å². The van der Waals surface area contributed by atoms with Gasteiger partial charge in [0.1, 0.15) is 12.4 Å². The summed E-state index contributed by atoms with van der Waals surface area (Å²) in [5.41, 5.74) is 0. The van der Waals surface area contributed by atoms with Crippen molar-refractivity contribution in [2.45, 2.75) is 19.3 Å². The molecule has 0 saturated carbocycles. The predicted molar refractivity (Wildman–Crippen MR) is 91.7 cm³/mol. The fraction of sp³-hybridized carbons (Fsp3) is 0.529. The largest absolute Gasteiger partial charge is 0.492 e. The summed E-state index contributed by atoms with van der Waals surface area (Å²) in [7, 11) is 1.69. The Balaban J connectivity index is 1.62. The zero-order valence-electron chi connectivity index (χ0n) is 13.8. The number of piperidine rings is 1. The molecule has 1 aromatic carbocycles. The van der Waals surface area contributed by atoms with Crippen molar-refractivity contribution < 1.29 is 9.53 Å². The van der Waals surface area contributed by atoms with Crippen molar-refractivity contribution in [3.63, 3.8) is 0 Å². The van der Waals surface area contributed by atoms with Crippen LogP contribution in [0.15, 0.2) is 35.3 Å². The molecule has 126 valence electrons. The smallest absolute Gasteiger partial charge is 0.241 e. The van der Waals surface area contributed by atoms with Crippen molar-refractivity contribution in [2.24, 2.45) is 4.99 Å². The van der Waals surface area contributed by atoms with E-state index in [0.717, 1.165) is 31.7 Å². The summed E-state index contributed by atoms with van der Waals surface area (Å²) in [4.78, 5) is 18.1. The number of nitrogens with zero attached hydrogens (tertiary/aromatic N) is 2. The molecule has 0 atom stereocenters. The minimum atomic E-state index is 0.133. The van der Waals surface area contributed by atoms with Gasteiger partial charge in [-0.25, -0.2) is 0 Å². The van der Waals surface area contributed by atoms with Crippen molar-refractivity contribution in [1.29, 1.82) is 0 Å². The summed E-state index contributed by atoms with van der Waals surface area (Å²) in [6, 6.07) is 9.68. The van der Waals surface area contributed by atoms with Gasteiger partial charge in [-0.3, -0.25) is 9.79 Å². The number of likely N-dealkylation sites (tertiary alicyclic amines) is 1. The third kappa shape index (κ3) is 6.18. The average Bonchev–Trinajstić information content (AvgIpc) is 2.62. The normalized spacial score (nSPS) is 15.2. The number of benzene rings is 1. The Morgan fingerprint density at radius 3 is 2.61 bits per heavy atom. The van der Waals surface area contributed by atoms with Crippen LogP contribution in [0.3, 0.4) is 0 Å². The Hall–Kier alpha value is -2.24. The van der Waals surface area contributed by atoms with Crippen LogP contribution in [0.1, 0.15) is 19.3 Å². The van der Waals surface area contributed by atoms with Gasteiger partial charge in [0, 0.05) is 20.1 Å². The summed E-state index contributed by atoms with van der Waals surface area (Å²) in [6.07, 6.45) is 3.44. The van der Waals surface area contributed by atoms with Gasteiger partial charge in [-0.15, -0.1) is 0 Å². The number of hydrogen-bond acceptors (Lipinski definition) is 3. The van der Waals surface area contributed by atoms with Crippen LogP contribution in [0.4, 0.5) is 0 Å². The molecule has 1 saturated heterocycles. The van der Waals surface area contributed by atoms with Gasteiger partial charge >= 0.3 is 0 Å². The van der Waals surface area contributed by atoms with Crippen LogP contribution >= 0.6 is 0 Å². The molecule has 2 rings (SSSR count).